The molecule has 0 aliphatic carbocycles. The van der Waals surface area contributed by atoms with Crippen molar-refractivity contribution in [3.8, 4) is 0 Å². The number of hydrogen-bond acceptors (Lipinski definition) is 4. The molecule has 1 aliphatic rings. The molecule has 3 rings (SSSR count). The predicted octanol–water partition coefficient (Wildman–Crippen LogP) is 3.20. The molecule has 7 heteroatoms. The predicted molar refractivity (Wildman–Crippen MR) is 99.6 cm³/mol. The first kappa shape index (κ1) is 19.2. The van der Waals surface area contributed by atoms with Crippen LogP contribution in [0.5, 0.6) is 0 Å². The molecular weight excluding hydrogens is 351 g/mol. The summed E-state index contributed by atoms with van der Waals surface area (Å²) in [5, 5.41) is 3.50. The molecule has 2 atom stereocenters. The second-order valence-corrected chi connectivity index (χ2v) is 7.18. The molecule has 2 amide bonds. The van der Waals surface area contributed by atoms with E-state index in [1.54, 1.807) is 6.26 Å². The fraction of sp³-hybridized carbons (Fsp3) is 0.500. The molecule has 146 valence electrons. The van der Waals surface area contributed by atoms with Crippen LogP contribution in [0.2, 0.25) is 0 Å². The van der Waals surface area contributed by atoms with E-state index >= 15 is 0 Å². The number of aryl methyl sites for hydroxylation is 3. The van der Waals surface area contributed by atoms with Gasteiger partial charge >= 0.3 is 6.09 Å². The number of carbonyl (C=O) groups excluding carboxylic acids is 2. The number of likely N-dealkylation sites (tertiary alicyclic amines) is 1. The van der Waals surface area contributed by atoms with E-state index in [-0.39, 0.29) is 37.9 Å². The number of amides is 2. The van der Waals surface area contributed by atoms with Crippen molar-refractivity contribution in [2.75, 3.05) is 20.2 Å². The highest BCUT2D eigenvalue weighted by atomic mass is 19.1. The molecule has 1 aliphatic heterocycles. The summed E-state index contributed by atoms with van der Waals surface area (Å²) in [6, 6.07) is 1.70. The molecule has 0 bridgehead atoms. The highest BCUT2D eigenvalue weighted by molar-refractivity contribution is 5.92. The number of alkyl carbamates (subject to hydrolysis) is 1. The van der Waals surface area contributed by atoms with Gasteiger partial charge in [0.05, 0.1) is 32.4 Å². The van der Waals surface area contributed by atoms with Crippen molar-refractivity contribution in [3.63, 3.8) is 0 Å². The van der Waals surface area contributed by atoms with Crippen LogP contribution in [0, 0.1) is 20.8 Å². The third-order valence-corrected chi connectivity index (χ3v) is 5.32. The maximum absolute atomic E-state index is 13.9. The summed E-state index contributed by atoms with van der Waals surface area (Å²) in [6.45, 7) is 6.23. The first-order chi connectivity index (χ1) is 12.8. The Morgan fingerprint density at radius 1 is 1.33 bits per heavy atom. The van der Waals surface area contributed by atoms with Crippen LogP contribution in [-0.2, 0) is 16.0 Å². The Morgan fingerprint density at radius 2 is 2.07 bits per heavy atom. The van der Waals surface area contributed by atoms with E-state index in [2.05, 4.69) is 16.1 Å². The SMILES string of the molecule is COC(=O)NC[C@@H]1C[C@H](F)CN1C(=O)Cc1coc2c(C)c(C)cc(C)c12. The van der Waals surface area contributed by atoms with Crippen LogP contribution in [0.4, 0.5) is 9.18 Å². The van der Waals surface area contributed by atoms with E-state index < -0.39 is 12.3 Å². The molecular formula is C20H25FN2O4. The van der Waals surface area contributed by atoms with Gasteiger partial charge in [-0.3, -0.25) is 4.79 Å². The molecule has 6 nitrogen and oxygen atoms in total. The minimum atomic E-state index is -1.09. The van der Waals surface area contributed by atoms with E-state index in [1.807, 2.05) is 20.8 Å². The lowest BCUT2D eigenvalue weighted by Gasteiger charge is -2.24. The van der Waals surface area contributed by atoms with Gasteiger partial charge in [0.25, 0.3) is 0 Å². The number of methoxy groups -OCH3 is 1. The summed E-state index contributed by atoms with van der Waals surface area (Å²) in [6.07, 6.45) is 0.280. The molecule has 1 saturated heterocycles. The van der Waals surface area contributed by atoms with Crippen molar-refractivity contribution in [1.29, 1.82) is 0 Å². The van der Waals surface area contributed by atoms with E-state index in [1.165, 1.54) is 12.0 Å². The molecule has 1 aromatic heterocycles. The Bertz CT molecular complexity index is 876. The molecule has 1 aromatic carbocycles. The highest BCUT2D eigenvalue weighted by Gasteiger charge is 2.35. The summed E-state index contributed by atoms with van der Waals surface area (Å²) in [7, 11) is 1.26. The number of alkyl halides is 1. The van der Waals surface area contributed by atoms with E-state index in [4.69, 9.17) is 4.42 Å². The standard InChI is InChI=1S/C20H25FN2O4/c1-11-5-12(2)18-14(10-27-19(18)13(11)3)6-17(24)23-9-15(21)7-16(23)8-22-20(25)26-4/h5,10,15-16H,6-9H2,1-4H3,(H,22,25)/t15-,16-/m0/s1. The Kier molecular flexibility index (Phi) is 5.39. The summed E-state index contributed by atoms with van der Waals surface area (Å²) in [5.41, 5.74) is 4.85. The minimum absolute atomic E-state index is 0.0409. The van der Waals surface area contributed by atoms with Crippen molar-refractivity contribution in [2.45, 2.75) is 45.8 Å². The zero-order chi connectivity index (χ0) is 19.7. The van der Waals surface area contributed by atoms with Crippen LogP contribution in [0.15, 0.2) is 16.7 Å². The molecule has 1 fully saturated rings. The summed E-state index contributed by atoms with van der Waals surface area (Å²) >= 11 is 0. The van der Waals surface area contributed by atoms with Gasteiger partial charge in [0.15, 0.2) is 0 Å². The van der Waals surface area contributed by atoms with Gasteiger partial charge in [-0.15, -0.1) is 0 Å². The van der Waals surface area contributed by atoms with Crippen LogP contribution >= 0.6 is 0 Å². The number of benzene rings is 1. The number of carbonyl (C=O) groups is 2. The topological polar surface area (TPSA) is 71.8 Å². The minimum Gasteiger partial charge on any atom is -0.464 e. The molecule has 0 saturated carbocycles. The quantitative estimate of drug-likeness (QED) is 0.890. The number of fused-ring (bicyclic) bond motifs is 1. The van der Waals surface area contributed by atoms with E-state index in [0.717, 1.165) is 33.2 Å². The Balaban J connectivity index is 1.79. The van der Waals surface area contributed by atoms with Gasteiger partial charge in [0.1, 0.15) is 11.8 Å². The third-order valence-electron chi connectivity index (χ3n) is 5.32. The second kappa shape index (κ2) is 7.58. The molecule has 0 spiro atoms. The van der Waals surface area contributed by atoms with Gasteiger partial charge in [-0.25, -0.2) is 9.18 Å². The number of nitrogens with zero attached hydrogens (tertiary/aromatic N) is 1. The maximum Gasteiger partial charge on any atom is 0.406 e. The Hall–Kier alpha value is -2.57. The monoisotopic (exact) mass is 376 g/mol. The van der Waals surface area contributed by atoms with Crippen molar-refractivity contribution < 1.29 is 23.1 Å². The van der Waals surface area contributed by atoms with Gasteiger partial charge in [0, 0.05) is 23.9 Å². The summed E-state index contributed by atoms with van der Waals surface area (Å²) < 4.78 is 24.2. The van der Waals surface area contributed by atoms with Crippen molar-refractivity contribution in [3.05, 3.63) is 34.6 Å². The van der Waals surface area contributed by atoms with Gasteiger partial charge < -0.3 is 19.4 Å². The van der Waals surface area contributed by atoms with Crippen LogP contribution in [0.25, 0.3) is 11.0 Å². The first-order valence-electron chi connectivity index (χ1n) is 9.04. The number of furan rings is 1. The van der Waals surface area contributed by atoms with E-state index in [0.29, 0.717) is 0 Å². The number of rotatable bonds is 4. The van der Waals surface area contributed by atoms with Crippen molar-refractivity contribution >= 4 is 23.0 Å². The van der Waals surface area contributed by atoms with Crippen molar-refractivity contribution in [2.24, 2.45) is 0 Å². The lowest BCUT2D eigenvalue weighted by molar-refractivity contribution is -0.131. The lowest BCUT2D eigenvalue weighted by Crippen LogP contribution is -2.43. The van der Waals surface area contributed by atoms with E-state index in [9.17, 15) is 14.0 Å². The van der Waals surface area contributed by atoms with Gasteiger partial charge in [0.2, 0.25) is 5.91 Å². The Labute approximate surface area is 157 Å². The smallest absolute Gasteiger partial charge is 0.406 e. The zero-order valence-corrected chi connectivity index (χ0v) is 16.1. The average Bonchev–Trinajstić information content (AvgIpc) is 3.21. The first-order valence-corrected chi connectivity index (χ1v) is 9.04. The maximum atomic E-state index is 13.9. The normalized spacial score (nSPS) is 19.5. The molecule has 0 unspecified atom stereocenters. The molecule has 0 radical (unpaired) electrons. The largest absolute Gasteiger partial charge is 0.464 e. The van der Waals surface area contributed by atoms with Gasteiger partial charge in [-0.2, -0.15) is 0 Å². The number of nitrogens with one attached hydrogen (secondary N) is 1. The van der Waals surface area contributed by atoms with Crippen molar-refractivity contribution in [1.82, 2.24) is 10.2 Å². The summed E-state index contributed by atoms with van der Waals surface area (Å²) in [5.74, 6) is -0.174. The third kappa shape index (κ3) is 3.77. The van der Waals surface area contributed by atoms with Crippen LogP contribution < -0.4 is 5.32 Å². The number of hydrogen-bond donors (Lipinski definition) is 1. The Morgan fingerprint density at radius 3 is 2.78 bits per heavy atom. The van der Waals surface area contributed by atoms with Crippen LogP contribution in [0.1, 0.15) is 28.7 Å². The van der Waals surface area contributed by atoms with Crippen LogP contribution in [0.3, 0.4) is 0 Å². The second-order valence-electron chi connectivity index (χ2n) is 7.18. The number of halogens is 1. The van der Waals surface area contributed by atoms with Gasteiger partial charge in [-0.05, 0) is 37.5 Å². The highest BCUT2D eigenvalue weighted by Crippen LogP contribution is 2.31. The molecule has 2 heterocycles. The van der Waals surface area contributed by atoms with Gasteiger partial charge in [-0.1, -0.05) is 6.07 Å². The molecule has 1 N–H and O–H groups in total. The molecule has 27 heavy (non-hydrogen) atoms. The number of ether oxygens (including phenoxy) is 1. The lowest BCUT2D eigenvalue weighted by atomic mass is 9.98. The zero-order valence-electron chi connectivity index (χ0n) is 16.1. The fourth-order valence-electron chi connectivity index (χ4n) is 3.81. The fourth-order valence-corrected chi connectivity index (χ4v) is 3.81. The average molecular weight is 376 g/mol. The van der Waals surface area contributed by atoms with Crippen LogP contribution in [-0.4, -0.2) is 49.3 Å². The molecule has 2 aromatic rings. The summed E-state index contributed by atoms with van der Waals surface area (Å²) in [4.78, 5) is 25.7.